The Balaban J connectivity index is 2.09. The lowest BCUT2D eigenvalue weighted by Gasteiger charge is -2.30. The van der Waals surface area contributed by atoms with Crippen molar-refractivity contribution in [3.05, 3.63) is 35.9 Å². The van der Waals surface area contributed by atoms with Crippen LogP contribution in [0.4, 0.5) is 0 Å². The normalized spacial score (nSPS) is 20.7. The number of hydrogen-bond acceptors (Lipinski definition) is 4. The first-order chi connectivity index (χ1) is 10.8. The fourth-order valence-electron chi connectivity index (χ4n) is 2.65. The van der Waals surface area contributed by atoms with E-state index in [9.17, 15) is 23.1 Å². The summed E-state index contributed by atoms with van der Waals surface area (Å²) >= 11 is 0. The van der Waals surface area contributed by atoms with E-state index in [4.69, 9.17) is 0 Å². The topological polar surface area (TPSA) is 104 Å². The molecule has 0 spiro atoms. The van der Waals surface area contributed by atoms with E-state index in [0.717, 1.165) is 6.26 Å². The minimum atomic E-state index is -3.35. The molecule has 1 saturated heterocycles. The van der Waals surface area contributed by atoms with Gasteiger partial charge in [0.05, 0.1) is 12.2 Å². The van der Waals surface area contributed by atoms with Crippen LogP contribution in [0.3, 0.4) is 0 Å². The van der Waals surface area contributed by atoms with E-state index < -0.39 is 33.9 Å². The lowest BCUT2D eigenvalue weighted by atomic mass is 9.97. The molecule has 2 atom stereocenters. The van der Waals surface area contributed by atoms with Crippen molar-refractivity contribution >= 4 is 21.9 Å². The van der Waals surface area contributed by atoms with Gasteiger partial charge in [0.15, 0.2) is 6.04 Å². The van der Waals surface area contributed by atoms with Crippen LogP contribution in [0.1, 0.15) is 24.4 Å². The maximum atomic E-state index is 12.4. The predicted molar refractivity (Wildman–Crippen MR) is 84.1 cm³/mol. The summed E-state index contributed by atoms with van der Waals surface area (Å²) in [5.74, 6) is -2.13. The zero-order valence-electron chi connectivity index (χ0n) is 12.8. The number of benzene rings is 1. The fraction of sp³-hybridized carbons (Fsp3) is 0.467. The lowest BCUT2D eigenvalue weighted by molar-refractivity contribution is -0.143. The Labute approximate surface area is 135 Å². The van der Waals surface area contributed by atoms with Crippen LogP contribution in [-0.2, 0) is 19.6 Å². The van der Waals surface area contributed by atoms with Crippen LogP contribution in [-0.4, -0.2) is 49.1 Å². The molecule has 1 fully saturated rings. The quantitative estimate of drug-likeness (QED) is 0.817. The Morgan fingerprint density at radius 1 is 1.30 bits per heavy atom. The van der Waals surface area contributed by atoms with Gasteiger partial charge in [-0.15, -0.1) is 0 Å². The molecular weight excluding hydrogens is 320 g/mol. The zero-order chi connectivity index (χ0) is 17.0. The van der Waals surface area contributed by atoms with Crippen LogP contribution in [0.5, 0.6) is 0 Å². The molecule has 0 bridgehead atoms. The van der Waals surface area contributed by atoms with Gasteiger partial charge in [0, 0.05) is 13.1 Å². The molecular formula is C15H20N2O5S. The Morgan fingerprint density at radius 3 is 2.52 bits per heavy atom. The summed E-state index contributed by atoms with van der Waals surface area (Å²) in [6, 6.07) is 7.27. The van der Waals surface area contributed by atoms with Crippen molar-refractivity contribution in [2.24, 2.45) is 5.92 Å². The average Bonchev–Trinajstić information content (AvgIpc) is 2.52. The Morgan fingerprint density at radius 2 is 1.96 bits per heavy atom. The minimum Gasteiger partial charge on any atom is -0.479 e. The molecule has 1 heterocycles. The number of rotatable bonds is 5. The van der Waals surface area contributed by atoms with Crippen LogP contribution >= 0.6 is 0 Å². The van der Waals surface area contributed by atoms with Crippen LogP contribution in [0.2, 0.25) is 0 Å². The number of amides is 1. The van der Waals surface area contributed by atoms with E-state index in [-0.39, 0.29) is 6.54 Å². The molecule has 1 unspecified atom stereocenters. The predicted octanol–water partition coefficient (Wildman–Crippen LogP) is 0.600. The maximum absolute atomic E-state index is 12.4. The van der Waals surface area contributed by atoms with Crippen molar-refractivity contribution < 1.29 is 23.1 Å². The van der Waals surface area contributed by atoms with Crippen molar-refractivity contribution in [2.45, 2.75) is 18.9 Å². The third-order valence-electron chi connectivity index (χ3n) is 3.89. The van der Waals surface area contributed by atoms with E-state index in [2.05, 4.69) is 5.32 Å². The molecule has 126 valence electrons. The van der Waals surface area contributed by atoms with Crippen molar-refractivity contribution in [1.29, 1.82) is 0 Å². The number of carboxylic acids is 1. The first-order valence-electron chi connectivity index (χ1n) is 7.32. The van der Waals surface area contributed by atoms with Gasteiger partial charge in [0.1, 0.15) is 0 Å². The van der Waals surface area contributed by atoms with E-state index >= 15 is 0 Å². The van der Waals surface area contributed by atoms with Crippen molar-refractivity contribution in [3.63, 3.8) is 0 Å². The van der Waals surface area contributed by atoms with Gasteiger partial charge in [-0.3, -0.25) is 4.79 Å². The zero-order valence-corrected chi connectivity index (χ0v) is 13.6. The van der Waals surface area contributed by atoms with Crippen LogP contribution in [0.25, 0.3) is 0 Å². The molecule has 7 nitrogen and oxygen atoms in total. The first-order valence-corrected chi connectivity index (χ1v) is 9.17. The molecule has 1 aliphatic heterocycles. The number of sulfonamides is 1. The molecule has 1 aromatic carbocycles. The van der Waals surface area contributed by atoms with Gasteiger partial charge in [0.2, 0.25) is 15.9 Å². The Kier molecular flexibility index (Phi) is 5.38. The number of aliphatic carboxylic acids is 1. The molecule has 8 heteroatoms. The highest BCUT2D eigenvalue weighted by Crippen LogP contribution is 2.21. The molecule has 0 radical (unpaired) electrons. The number of nitrogens with one attached hydrogen (secondary N) is 1. The summed E-state index contributed by atoms with van der Waals surface area (Å²) in [6.07, 6.45) is 2.23. The van der Waals surface area contributed by atoms with Gasteiger partial charge in [0.25, 0.3) is 0 Å². The van der Waals surface area contributed by atoms with Gasteiger partial charge >= 0.3 is 5.97 Å². The molecule has 0 aromatic heterocycles. The molecule has 0 aliphatic carbocycles. The second-order valence-corrected chi connectivity index (χ2v) is 7.63. The summed E-state index contributed by atoms with van der Waals surface area (Å²) in [5, 5.41) is 11.8. The molecule has 2 rings (SSSR count). The number of hydrogen-bond donors (Lipinski definition) is 2. The van der Waals surface area contributed by atoms with Gasteiger partial charge < -0.3 is 10.4 Å². The average molecular weight is 340 g/mol. The monoisotopic (exact) mass is 340 g/mol. The molecule has 1 amide bonds. The van der Waals surface area contributed by atoms with Crippen LogP contribution in [0.15, 0.2) is 30.3 Å². The van der Waals surface area contributed by atoms with E-state index in [0.29, 0.717) is 24.9 Å². The summed E-state index contributed by atoms with van der Waals surface area (Å²) in [7, 11) is -3.35. The molecule has 23 heavy (non-hydrogen) atoms. The fourth-order valence-corrected chi connectivity index (χ4v) is 3.56. The minimum absolute atomic E-state index is 0.0891. The SMILES string of the molecule is CS(=O)(=O)N1CCCC(C(=O)N[C@H](C(=O)O)c2ccccc2)C1. The smallest absolute Gasteiger partial charge is 0.330 e. The second kappa shape index (κ2) is 7.10. The third kappa shape index (κ3) is 4.52. The molecule has 0 saturated carbocycles. The summed E-state index contributed by atoms with van der Waals surface area (Å²) in [5.41, 5.74) is 0.476. The Hall–Kier alpha value is -1.93. The standard InChI is InChI=1S/C15H20N2O5S/c1-23(21,22)17-9-5-8-12(10-17)14(18)16-13(15(19)20)11-6-3-2-4-7-11/h2-4,6-7,12-13H,5,8-10H2,1H3,(H,16,18)(H,19,20)/t12?,13-/m0/s1. The molecule has 1 aliphatic rings. The van der Waals surface area contributed by atoms with Gasteiger partial charge in [-0.05, 0) is 18.4 Å². The van der Waals surface area contributed by atoms with Gasteiger partial charge in [-0.1, -0.05) is 30.3 Å². The third-order valence-corrected chi connectivity index (χ3v) is 5.16. The number of carboxylic acid groups (broad SMARTS) is 1. The highest BCUT2D eigenvalue weighted by atomic mass is 32.2. The second-order valence-electron chi connectivity index (χ2n) is 5.65. The summed E-state index contributed by atoms with van der Waals surface area (Å²) in [6.45, 7) is 0.482. The Bertz CT molecular complexity index is 674. The summed E-state index contributed by atoms with van der Waals surface area (Å²) < 4.78 is 24.5. The highest BCUT2D eigenvalue weighted by molar-refractivity contribution is 7.88. The van der Waals surface area contributed by atoms with Crippen molar-refractivity contribution in [2.75, 3.05) is 19.3 Å². The van der Waals surface area contributed by atoms with Crippen LogP contribution in [0, 0.1) is 5.92 Å². The first kappa shape index (κ1) is 17.4. The number of piperidine rings is 1. The van der Waals surface area contributed by atoms with Crippen molar-refractivity contribution in [3.8, 4) is 0 Å². The number of nitrogens with zero attached hydrogens (tertiary/aromatic N) is 1. The largest absolute Gasteiger partial charge is 0.479 e. The highest BCUT2D eigenvalue weighted by Gasteiger charge is 2.32. The lowest BCUT2D eigenvalue weighted by Crippen LogP contribution is -2.46. The summed E-state index contributed by atoms with van der Waals surface area (Å²) in [4.78, 5) is 23.8. The van der Waals surface area contributed by atoms with E-state index in [1.807, 2.05) is 0 Å². The van der Waals surface area contributed by atoms with E-state index in [1.165, 1.54) is 4.31 Å². The van der Waals surface area contributed by atoms with Gasteiger partial charge in [-0.2, -0.15) is 0 Å². The van der Waals surface area contributed by atoms with E-state index in [1.54, 1.807) is 30.3 Å². The van der Waals surface area contributed by atoms with Crippen molar-refractivity contribution in [1.82, 2.24) is 9.62 Å². The van der Waals surface area contributed by atoms with Gasteiger partial charge in [-0.25, -0.2) is 17.5 Å². The number of carbonyl (C=O) groups is 2. The maximum Gasteiger partial charge on any atom is 0.330 e. The molecule has 2 N–H and O–H groups in total. The number of carbonyl (C=O) groups excluding carboxylic acids is 1. The van der Waals surface area contributed by atoms with Crippen LogP contribution < -0.4 is 5.32 Å². The molecule has 1 aromatic rings.